The van der Waals surface area contributed by atoms with Crippen molar-refractivity contribution in [2.75, 3.05) is 35.6 Å². The van der Waals surface area contributed by atoms with Crippen molar-refractivity contribution < 1.29 is 13.2 Å². The molecule has 0 radical (unpaired) electrons. The average molecular weight is 411 g/mol. The Hall–Kier alpha value is -3.33. The number of nitrogens with zero attached hydrogens (tertiary/aromatic N) is 3. The molecule has 0 unspecified atom stereocenters. The lowest BCUT2D eigenvalue weighted by molar-refractivity contribution is 0.356. The van der Waals surface area contributed by atoms with Gasteiger partial charge in [0, 0.05) is 38.0 Å². The van der Waals surface area contributed by atoms with Crippen LogP contribution in [0.25, 0.3) is 0 Å². The highest BCUT2D eigenvalue weighted by atomic mass is 32.2. The van der Waals surface area contributed by atoms with E-state index < -0.39 is 10.0 Å². The topological polar surface area (TPSA) is 96.5 Å². The van der Waals surface area contributed by atoms with E-state index in [1.807, 2.05) is 25.1 Å². The van der Waals surface area contributed by atoms with E-state index in [1.54, 1.807) is 48.7 Å². The Bertz CT molecular complexity index is 1130. The minimum atomic E-state index is -3.68. The molecule has 4 rings (SSSR count). The van der Waals surface area contributed by atoms with Crippen LogP contribution in [0.4, 0.5) is 22.9 Å². The van der Waals surface area contributed by atoms with Gasteiger partial charge in [-0.25, -0.2) is 8.42 Å². The van der Waals surface area contributed by atoms with E-state index in [1.165, 1.54) is 0 Å². The van der Waals surface area contributed by atoms with Gasteiger partial charge in [-0.1, -0.05) is 0 Å². The summed E-state index contributed by atoms with van der Waals surface area (Å²) in [6.07, 6.45) is 2.39. The zero-order chi connectivity index (χ0) is 20.4. The fraction of sp³-hybridized carbons (Fsp3) is 0.200. The van der Waals surface area contributed by atoms with Crippen LogP contribution in [0.5, 0.6) is 5.75 Å². The molecule has 2 aromatic carbocycles. The van der Waals surface area contributed by atoms with Crippen LogP contribution in [-0.4, -0.2) is 39.3 Å². The third-order valence-electron chi connectivity index (χ3n) is 4.54. The molecule has 1 aliphatic heterocycles. The lowest BCUT2D eigenvalue weighted by atomic mass is 10.2. The first-order chi connectivity index (χ1) is 13.9. The molecule has 1 aromatic heterocycles. The summed E-state index contributed by atoms with van der Waals surface area (Å²) >= 11 is 0. The second-order valence-electron chi connectivity index (χ2n) is 6.87. The molecule has 2 heterocycles. The van der Waals surface area contributed by atoms with E-state index >= 15 is 0 Å². The van der Waals surface area contributed by atoms with Gasteiger partial charge in [-0.05, 0) is 48.0 Å². The fourth-order valence-corrected chi connectivity index (χ4v) is 4.08. The summed E-state index contributed by atoms with van der Waals surface area (Å²) in [4.78, 5) is 2.16. The number of rotatable bonds is 6. The Kier molecular flexibility index (Phi) is 4.98. The van der Waals surface area contributed by atoms with E-state index in [-0.39, 0.29) is 4.90 Å². The lowest BCUT2D eigenvalue weighted by Crippen LogP contribution is -2.13. The van der Waals surface area contributed by atoms with Crippen LogP contribution < -0.4 is 19.7 Å². The molecule has 0 bridgehead atoms. The largest absolute Gasteiger partial charge is 0.493 e. The number of nitrogens with one attached hydrogen (secondary N) is 2. The highest BCUT2D eigenvalue weighted by Crippen LogP contribution is 2.28. The molecule has 9 heteroatoms. The van der Waals surface area contributed by atoms with Crippen molar-refractivity contribution in [2.45, 2.75) is 11.3 Å². The van der Waals surface area contributed by atoms with Crippen molar-refractivity contribution in [1.29, 1.82) is 0 Å². The van der Waals surface area contributed by atoms with Crippen molar-refractivity contribution in [3.63, 3.8) is 0 Å². The monoisotopic (exact) mass is 411 g/mol. The van der Waals surface area contributed by atoms with E-state index in [9.17, 15) is 8.42 Å². The number of ether oxygens (including phenoxy) is 1. The van der Waals surface area contributed by atoms with Crippen molar-refractivity contribution in [3.8, 4) is 5.75 Å². The summed E-state index contributed by atoms with van der Waals surface area (Å²) in [6, 6.07) is 13.7. The first-order valence-corrected chi connectivity index (χ1v) is 10.5. The fourth-order valence-electron chi connectivity index (χ4n) is 2.98. The van der Waals surface area contributed by atoms with Crippen LogP contribution in [0, 0.1) is 0 Å². The Labute approximate surface area is 169 Å². The summed E-state index contributed by atoms with van der Waals surface area (Å²) in [7, 11) is 0.177. The second-order valence-corrected chi connectivity index (χ2v) is 8.55. The average Bonchev–Trinajstić information content (AvgIpc) is 3.17. The molecule has 0 fully saturated rings. The summed E-state index contributed by atoms with van der Waals surface area (Å²) in [6.45, 7) is 0.586. The van der Waals surface area contributed by atoms with Crippen molar-refractivity contribution in [2.24, 2.45) is 0 Å². The molecule has 0 atom stereocenters. The van der Waals surface area contributed by atoms with Crippen LogP contribution in [-0.2, 0) is 16.4 Å². The van der Waals surface area contributed by atoms with Gasteiger partial charge in [0.05, 0.1) is 23.4 Å². The molecular weight excluding hydrogens is 390 g/mol. The van der Waals surface area contributed by atoms with Gasteiger partial charge in [-0.2, -0.15) is 5.10 Å². The zero-order valence-electron chi connectivity index (χ0n) is 16.1. The number of hydrogen-bond donors (Lipinski definition) is 2. The van der Waals surface area contributed by atoms with Crippen LogP contribution in [0.15, 0.2) is 59.6 Å². The van der Waals surface area contributed by atoms with Crippen molar-refractivity contribution >= 4 is 32.9 Å². The summed E-state index contributed by atoms with van der Waals surface area (Å²) in [5.74, 6) is 1.35. The third kappa shape index (κ3) is 4.24. The number of fused-ring (bicyclic) bond motifs is 1. The molecular formula is C20H21N5O3S. The highest BCUT2D eigenvalue weighted by Gasteiger charge is 2.19. The van der Waals surface area contributed by atoms with Crippen molar-refractivity contribution in [1.82, 2.24) is 10.2 Å². The second kappa shape index (κ2) is 7.59. The number of anilines is 4. The van der Waals surface area contributed by atoms with Crippen LogP contribution in [0.3, 0.4) is 0 Å². The number of sulfonamides is 1. The van der Waals surface area contributed by atoms with Gasteiger partial charge in [0.2, 0.25) is 0 Å². The predicted molar refractivity (Wildman–Crippen MR) is 113 cm³/mol. The summed E-state index contributed by atoms with van der Waals surface area (Å²) < 4.78 is 33.4. The van der Waals surface area contributed by atoms with Gasteiger partial charge in [0.25, 0.3) is 10.0 Å². The predicted octanol–water partition coefficient (Wildman–Crippen LogP) is 3.02. The maximum absolute atomic E-state index is 12.7. The Balaban J connectivity index is 1.47. The SMILES string of the molecule is CN(C)c1cnnc(Nc2ccc(NS(=O)(=O)c3ccc4c(c3)CCO4)cc2)c1. The number of benzene rings is 2. The quantitative estimate of drug-likeness (QED) is 0.644. The number of hydrogen-bond acceptors (Lipinski definition) is 7. The minimum absolute atomic E-state index is 0.222. The van der Waals surface area contributed by atoms with Crippen LogP contribution >= 0.6 is 0 Å². The van der Waals surface area contributed by atoms with Gasteiger partial charge in [0.15, 0.2) is 5.82 Å². The van der Waals surface area contributed by atoms with Gasteiger partial charge in [0.1, 0.15) is 5.75 Å². The molecule has 0 saturated heterocycles. The standard InChI is InChI=1S/C20H21N5O3S/c1-25(2)17-12-20(23-21-13-17)22-15-3-5-16(6-4-15)24-29(26,27)18-7-8-19-14(11-18)9-10-28-19/h3-8,11-13,24H,9-10H2,1-2H3,(H,22,23). The first kappa shape index (κ1) is 19.0. The van der Waals surface area contributed by atoms with Crippen LogP contribution in [0.2, 0.25) is 0 Å². The van der Waals surface area contributed by atoms with E-state index in [2.05, 4.69) is 20.2 Å². The first-order valence-electron chi connectivity index (χ1n) is 9.06. The third-order valence-corrected chi connectivity index (χ3v) is 5.92. The molecule has 150 valence electrons. The smallest absolute Gasteiger partial charge is 0.261 e. The minimum Gasteiger partial charge on any atom is -0.493 e. The molecule has 3 aromatic rings. The molecule has 29 heavy (non-hydrogen) atoms. The molecule has 2 N–H and O–H groups in total. The molecule has 0 amide bonds. The molecule has 8 nitrogen and oxygen atoms in total. The number of aromatic nitrogens is 2. The Morgan fingerprint density at radius 2 is 1.79 bits per heavy atom. The van der Waals surface area contributed by atoms with Gasteiger partial charge in [-0.3, -0.25) is 4.72 Å². The maximum atomic E-state index is 12.7. The maximum Gasteiger partial charge on any atom is 0.261 e. The van der Waals surface area contributed by atoms with E-state index in [4.69, 9.17) is 4.74 Å². The van der Waals surface area contributed by atoms with Gasteiger partial charge >= 0.3 is 0 Å². The Morgan fingerprint density at radius 1 is 1.03 bits per heavy atom. The molecule has 1 aliphatic rings. The summed E-state index contributed by atoms with van der Waals surface area (Å²) in [5.41, 5.74) is 3.08. The normalized spacial score (nSPS) is 12.8. The summed E-state index contributed by atoms with van der Waals surface area (Å²) in [5, 5.41) is 11.2. The van der Waals surface area contributed by atoms with Gasteiger partial charge < -0.3 is 15.0 Å². The van der Waals surface area contributed by atoms with Crippen molar-refractivity contribution in [3.05, 3.63) is 60.3 Å². The van der Waals surface area contributed by atoms with Crippen LogP contribution in [0.1, 0.15) is 5.56 Å². The molecule has 0 spiro atoms. The van der Waals surface area contributed by atoms with E-state index in [0.717, 1.165) is 29.1 Å². The van der Waals surface area contributed by atoms with E-state index in [0.29, 0.717) is 18.1 Å². The Morgan fingerprint density at radius 3 is 2.55 bits per heavy atom. The molecule has 0 saturated carbocycles. The zero-order valence-corrected chi connectivity index (χ0v) is 16.9. The van der Waals surface area contributed by atoms with Gasteiger partial charge in [-0.15, -0.1) is 5.10 Å². The lowest BCUT2D eigenvalue weighted by Gasteiger charge is -2.13. The highest BCUT2D eigenvalue weighted by molar-refractivity contribution is 7.92. The molecule has 0 aliphatic carbocycles.